The quantitative estimate of drug-likeness (QED) is 0.811. The number of nitrogens with one attached hydrogen (secondary N) is 1. The van der Waals surface area contributed by atoms with E-state index in [0.717, 1.165) is 37.7 Å². The summed E-state index contributed by atoms with van der Waals surface area (Å²) in [7, 11) is 0. The van der Waals surface area contributed by atoms with Crippen molar-refractivity contribution in [3.05, 3.63) is 11.9 Å². The average Bonchev–Trinajstić information content (AvgIpc) is 2.30. The molecule has 0 radical (unpaired) electrons. The number of morpholine rings is 1. The second-order valence-electron chi connectivity index (χ2n) is 4.39. The smallest absolute Gasteiger partial charge is 0.149 e. The van der Waals surface area contributed by atoms with E-state index in [1.54, 1.807) is 0 Å². The van der Waals surface area contributed by atoms with Crippen LogP contribution in [0.5, 0.6) is 0 Å². The van der Waals surface area contributed by atoms with Gasteiger partial charge in [0.2, 0.25) is 0 Å². The maximum Gasteiger partial charge on any atom is 0.149 e. The number of nitrogen functional groups attached to an aromatic ring is 1. The number of rotatable bonds is 3. The van der Waals surface area contributed by atoms with E-state index in [9.17, 15) is 0 Å². The Labute approximate surface area is 101 Å². The Kier molecular flexibility index (Phi) is 3.75. The molecule has 94 valence electrons. The van der Waals surface area contributed by atoms with Crippen LogP contribution in [0.15, 0.2) is 6.33 Å². The minimum absolute atomic E-state index is 0.291. The number of hydrogen-bond donors (Lipinski definition) is 2. The molecule has 0 aromatic carbocycles. The zero-order chi connectivity index (χ0) is 12.3. The highest BCUT2D eigenvalue weighted by atomic mass is 16.5. The summed E-state index contributed by atoms with van der Waals surface area (Å²) in [5, 5.41) is 2.09. The van der Waals surface area contributed by atoms with E-state index < -0.39 is 0 Å². The fourth-order valence-electron chi connectivity index (χ4n) is 1.89. The van der Waals surface area contributed by atoms with Crippen molar-refractivity contribution in [3.8, 4) is 0 Å². The van der Waals surface area contributed by atoms with Crippen LogP contribution in [0.25, 0.3) is 0 Å². The second-order valence-corrected chi connectivity index (χ2v) is 4.39. The van der Waals surface area contributed by atoms with Crippen LogP contribution in [0.3, 0.4) is 0 Å². The normalized spacial score (nSPS) is 17.4. The van der Waals surface area contributed by atoms with E-state index in [-0.39, 0.29) is 0 Å². The third-order valence-electron chi connectivity index (χ3n) is 2.77. The van der Waals surface area contributed by atoms with Gasteiger partial charge in [-0.3, -0.25) is 0 Å². The highest BCUT2D eigenvalue weighted by Gasteiger charge is 2.16. The maximum absolute atomic E-state index is 5.89. The summed E-state index contributed by atoms with van der Waals surface area (Å²) in [5.41, 5.74) is 10.2. The average molecular weight is 237 g/mol. The lowest BCUT2D eigenvalue weighted by molar-refractivity contribution is 0.0494. The summed E-state index contributed by atoms with van der Waals surface area (Å²) in [6.45, 7) is 7.34. The monoisotopic (exact) mass is 237 g/mol. The number of ether oxygens (including phenoxy) is 1. The summed E-state index contributed by atoms with van der Waals surface area (Å²) in [5.74, 6) is 1.64. The van der Waals surface area contributed by atoms with Gasteiger partial charge in [0.15, 0.2) is 0 Å². The zero-order valence-corrected chi connectivity index (χ0v) is 10.3. The van der Waals surface area contributed by atoms with E-state index in [4.69, 9.17) is 10.5 Å². The van der Waals surface area contributed by atoms with Crippen molar-refractivity contribution in [2.45, 2.75) is 19.8 Å². The van der Waals surface area contributed by atoms with E-state index in [1.807, 2.05) is 0 Å². The molecule has 0 amide bonds. The summed E-state index contributed by atoms with van der Waals surface area (Å²) >= 11 is 0. The molecule has 6 heteroatoms. The summed E-state index contributed by atoms with van der Waals surface area (Å²) in [6.07, 6.45) is 1.49. The van der Waals surface area contributed by atoms with Crippen LogP contribution in [-0.2, 0) is 4.74 Å². The number of nitrogens with two attached hydrogens (primary N) is 1. The Bertz CT molecular complexity index is 376. The Morgan fingerprint density at radius 3 is 2.71 bits per heavy atom. The Balaban J connectivity index is 2.16. The third kappa shape index (κ3) is 2.83. The lowest BCUT2D eigenvalue weighted by Crippen LogP contribution is -2.40. The lowest BCUT2D eigenvalue weighted by Gasteiger charge is -2.28. The van der Waals surface area contributed by atoms with Crippen molar-refractivity contribution in [2.24, 2.45) is 0 Å². The van der Waals surface area contributed by atoms with Crippen molar-refractivity contribution in [1.82, 2.24) is 15.0 Å². The number of hydrazine groups is 1. The first kappa shape index (κ1) is 12.1. The number of nitrogens with zero attached hydrogens (tertiary/aromatic N) is 3. The van der Waals surface area contributed by atoms with E-state index in [0.29, 0.717) is 11.7 Å². The molecule has 0 spiro atoms. The van der Waals surface area contributed by atoms with Crippen LogP contribution in [0, 0.1) is 0 Å². The fraction of sp³-hybridized carbons (Fsp3) is 0.636. The highest BCUT2D eigenvalue weighted by molar-refractivity contribution is 5.56. The van der Waals surface area contributed by atoms with Gasteiger partial charge < -0.3 is 15.9 Å². The minimum atomic E-state index is 0.291. The van der Waals surface area contributed by atoms with Gasteiger partial charge in [-0.1, -0.05) is 13.8 Å². The van der Waals surface area contributed by atoms with Crippen molar-refractivity contribution >= 4 is 11.6 Å². The maximum atomic E-state index is 5.89. The second kappa shape index (κ2) is 5.29. The minimum Gasteiger partial charge on any atom is -0.383 e. The summed E-state index contributed by atoms with van der Waals surface area (Å²) < 4.78 is 5.30. The van der Waals surface area contributed by atoms with Gasteiger partial charge in [0.25, 0.3) is 0 Å². The number of anilines is 2. The van der Waals surface area contributed by atoms with Crippen LogP contribution in [0.2, 0.25) is 0 Å². The van der Waals surface area contributed by atoms with Gasteiger partial charge >= 0.3 is 0 Å². The molecule has 1 saturated heterocycles. The largest absolute Gasteiger partial charge is 0.383 e. The molecular weight excluding hydrogens is 218 g/mol. The zero-order valence-electron chi connectivity index (χ0n) is 10.3. The standard InChI is InChI=1S/C11H19N5O/c1-8(2)9-10(12)13-7-14-11(9)15-16-3-5-17-6-4-16/h7-8H,3-6H2,1-2H3,(H3,12,13,14,15). The van der Waals surface area contributed by atoms with Crippen LogP contribution in [0.4, 0.5) is 11.6 Å². The highest BCUT2D eigenvalue weighted by Crippen LogP contribution is 2.26. The van der Waals surface area contributed by atoms with Gasteiger partial charge in [0.1, 0.15) is 18.0 Å². The first-order valence-electron chi connectivity index (χ1n) is 5.88. The van der Waals surface area contributed by atoms with E-state index in [2.05, 4.69) is 34.3 Å². The first-order chi connectivity index (χ1) is 8.18. The van der Waals surface area contributed by atoms with Crippen molar-refractivity contribution < 1.29 is 4.74 Å². The molecule has 6 nitrogen and oxygen atoms in total. The van der Waals surface area contributed by atoms with Crippen molar-refractivity contribution in [3.63, 3.8) is 0 Å². The topological polar surface area (TPSA) is 76.3 Å². The Hall–Kier alpha value is -1.40. The van der Waals surface area contributed by atoms with Crippen molar-refractivity contribution in [1.29, 1.82) is 0 Å². The summed E-state index contributed by atoms with van der Waals surface area (Å²) in [6, 6.07) is 0. The van der Waals surface area contributed by atoms with Gasteiger partial charge in [-0.2, -0.15) is 0 Å². The molecule has 2 heterocycles. The molecule has 2 rings (SSSR count). The van der Waals surface area contributed by atoms with Gasteiger partial charge in [-0.15, -0.1) is 0 Å². The van der Waals surface area contributed by atoms with E-state index in [1.165, 1.54) is 6.33 Å². The SMILES string of the molecule is CC(C)c1c(N)ncnc1NN1CCOCC1. The molecular formula is C11H19N5O. The number of aromatic nitrogens is 2. The summed E-state index contributed by atoms with van der Waals surface area (Å²) in [4.78, 5) is 8.31. The molecule has 0 saturated carbocycles. The van der Waals surface area contributed by atoms with E-state index >= 15 is 0 Å². The molecule has 0 unspecified atom stereocenters. The predicted molar refractivity (Wildman–Crippen MR) is 66.5 cm³/mol. The van der Waals surface area contributed by atoms with Gasteiger partial charge in [-0.25, -0.2) is 15.0 Å². The molecule has 17 heavy (non-hydrogen) atoms. The fourth-order valence-corrected chi connectivity index (χ4v) is 1.89. The van der Waals surface area contributed by atoms with Crippen LogP contribution >= 0.6 is 0 Å². The number of hydrogen-bond acceptors (Lipinski definition) is 6. The molecule has 1 fully saturated rings. The first-order valence-corrected chi connectivity index (χ1v) is 5.88. The van der Waals surface area contributed by atoms with Gasteiger partial charge in [-0.05, 0) is 5.92 Å². The Morgan fingerprint density at radius 1 is 1.35 bits per heavy atom. The van der Waals surface area contributed by atoms with Gasteiger partial charge in [0, 0.05) is 18.7 Å². The van der Waals surface area contributed by atoms with Crippen molar-refractivity contribution in [2.75, 3.05) is 37.5 Å². The molecule has 0 atom stereocenters. The lowest BCUT2D eigenvalue weighted by atomic mass is 10.1. The van der Waals surface area contributed by atoms with Gasteiger partial charge in [0.05, 0.1) is 13.2 Å². The molecule has 0 bridgehead atoms. The van der Waals surface area contributed by atoms with Crippen LogP contribution in [0.1, 0.15) is 25.3 Å². The molecule has 1 aromatic heterocycles. The molecule has 0 aliphatic carbocycles. The Morgan fingerprint density at radius 2 is 2.06 bits per heavy atom. The molecule has 1 aromatic rings. The van der Waals surface area contributed by atoms with Crippen LogP contribution in [-0.4, -0.2) is 41.3 Å². The molecule has 1 aliphatic rings. The third-order valence-corrected chi connectivity index (χ3v) is 2.77. The predicted octanol–water partition coefficient (Wildman–Crippen LogP) is 0.841. The molecule has 3 N–H and O–H groups in total. The van der Waals surface area contributed by atoms with Crippen LogP contribution < -0.4 is 11.2 Å². The molecule has 1 aliphatic heterocycles.